The summed E-state index contributed by atoms with van der Waals surface area (Å²) in [5, 5.41) is 14.0. The first-order chi connectivity index (χ1) is 8.77. The molecule has 18 heavy (non-hydrogen) atoms. The van der Waals surface area contributed by atoms with Crippen LogP contribution in [0.15, 0.2) is 36.0 Å². The second-order valence-electron chi connectivity index (χ2n) is 3.86. The second kappa shape index (κ2) is 6.28. The van der Waals surface area contributed by atoms with Crippen LogP contribution in [0.5, 0.6) is 0 Å². The van der Waals surface area contributed by atoms with Crippen LogP contribution >= 0.6 is 11.3 Å². The van der Waals surface area contributed by atoms with Crippen LogP contribution in [0.2, 0.25) is 0 Å². The maximum absolute atomic E-state index is 10.9. The highest BCUT2D eigenvalue weighted by molar-refractivity contribution is 7.12. The minimum Gasteiger partial charge on any atom is -0.477 e. The molecule has 2 N–H and O–H groups in total. The summed E-state index contributed by atoms with van der Waals surface area (Å²) in [4.78, 5) is 15.3. The van der Waals surface area contributed by atoms with Gasteiger partial charge in [0.25, 0.3) is 0 Å². The van der Waals surface area contributed by atoms with Crippen LogP contribution in [0, 0.1) is 0 Å². The molecule has 0 fully saturated rings. The first-order valence-corrected chi connectivity index (χ1v) is 6.54. The van der Waals surface area contributed by atoms with Gasteiger partial charge in [-0.15, -0.1) is 11.3 Å². The fourth-order valence-electron chi connectivity index (χ4n) is 1.67. The van der Waals surface area contributed by atoms with Crippen molar-refractivity contribution in [3.05, 3.63) is 52.0 Å². The highest BCUT2D eigenvalue weighted by Crippen LogP contribution is 2.16. The Morgan fingerprint density at radius 3 is 2.83 bits per heavy atom. The molecule has 0 saturated carbocycles. The second-order valence-corrected chi connectivity index (χ2v) is 4.78. The molecule has 94 valence electrons. The number of nitrogens with one attached hydrogen (secondary N) is 1. The van der Waals surface area contributed by atoms with Gasteiger partial charge >= 0.3 is 5.97 Å². The van der Waals surface area contributed by atoms with Crippen LogP contribution in [-0.2, 0) is 13.0 Å². The Labute approximate surface area is 109 Å². The van der Waals surface area contributed by atoms with Gasteiger partial charge in [0, 0.05) is 18.9 Å². The quantitative estimate of drug-likeness (QED) is 0.783. The van der Waals surface area contributed by atoms with E-state index in [1.807, 2.05) is 23.6 Å². The van der Waals surface area contributed by atoms with Gasteiger partial charge in [-0.1, -0.05) is 0 Å². The Balaban J connectivity index is 1.79. The molecule has 0 saturated heterocycles. The zero-order valence-corrected chi connectivity index (χ0v) is 10.6. The maximum atomic E-state index is 10.9. The number of hydrogen-bond acceptors (Lipinski definition) is 4. The number of nitrogens with zero attached hydrogens (tertiary/aromatic N) is 1. The van der Waals surface area contributed by atoms with Gasteiger partial charge < -0.3 is 10.4 Å². The van der Waals surface area contributed by atoms with E-state index in [-0.39, 0.29) is 0 Å². The number of carboxylic acids is 1. The lowest BCUT2D eigenvalue weighted by molar-refractivity contribution is 0.0701. The molecule has 0 amide bonds. The third-order valence-electron chi connectivity index (χ3n) is 2.60. The van der Waals surface area contributed by atoms with Gasteiger partial charge in [-0.3, -0.25) is 4.98 Å². The van der Waals surface area contributed by atoms with Crippen LogP contribution < -0.4 is 5.32 Å². The van der Waals surface area contributed by atoms with Gasteiger partial charge in [0.2, 0.25) is 0 Å². The summed E-state index contributed by atoms with van der Waals surface area (Å²) < 4.78 is 0. The number of carbonyl (C=O) groups is 1. The molecule has 0 unspecified atom stereocenters. The van der Waals surface area contributed by atoms with Crippen molar-refractivity contribution >= 4 is 17.3 Å². The number of aromatic carboxylic acids is 1. The lowest BCUT2D eigenvalue weighted by Crippen LogP contribution is -2.17. The normalized spacial score (nSPS) is 10.4. The highest BCUT2D eigenvalue weighted by atomic mass is 32.1. The lowest BCUT2D eigenvalue weighted by atomic mass is 10.2. The summed E-state index contributed by atoms with van der Waals surface area (Å²) in [6, 6.07) is 5.82. The molecule has 2 aromatic heterocycles. The average Bonchev–Trinajstić information content (AvgIpc) is 2.84. The highest BCUT2D eigenvalue weighted by Gasteiger charge is 2.10. The molecule has 0 spiro atoms. The summed E-state index contributed by atoms with van der Waals surface area (Å²) >= 11 is 1.26. The predicted octanol–water partition coefficient (Wildman–Crippen LogP) is 2.17. The van der Waals surface area contributed by atoms with E-state index in [1.165, 1.54) is 16.9 Å². The summed E-state index contributed by atoms with van der Waals surface area (Å²) in [6.45, 7) is 1.41. The number of pyridine rings is 1. The van der Waals surface area contributed by atoms with Crippen molar-refractivity contribution < 1.29 is 9.90 Å². The monoisotopic (exact) mass is 262 g/mol. The van der Waals surface area contributed by atoms with Crippen molar-refractivity contribution in [2.45, 2.75) is 13.0 Å². The van der Waals surface area contributed by atoms with Crippen molar-refractivity contribution in [3.8, 4) is 0 Å². The minimum atomic E-state index is -0.851. The molecule has 2 heterocycles. The van der Waals surface area contributed by atoms with E-state index in [9.17, 15) is 4.79 Å². The first kappa shape index (κ1) is 12.7. The van der Waals surface area contributed by atoms with Crippen LogP contribution in [0.4, 0.5) is 0 Å². The molecule has 0 aliphatic heterocycles. The van der Waals surface area contributed by atoms with E-state index in [0.717, 1.165) is 18.5 Å². The van der Waals surface area contributed by atoms with Crippen LogP contribution in [0.3, 0.4) is 0 Å². The molecule has 5 heteroatoms. The number of aromatic nitrogens is 1. The van der Waals surface area contributed by atoms with Gasteiger partial charge in [0.1, 0.15) is 4.88 Å². The molecule has 0 aliphatic carbocycles. The van der Waals surface area contributed by atoms with Crippen molar-refractivity contribution in [2.24, 2.45) is 0 Å². The molecular weight excluding hydrogens is 248 g/mol. The van der Waals surface area contributed by atoms with Gasteiger partial charge in [0.15, 0.2) is 0 Å². The Bertz CT molecular complexity index is 511. The maximum Gasteiger partial charge on any atom is 0.346 e. The summed E-state index contributed by atoms with van der Waals surface area (Å²) in [6.07, 6.45) is 4.46. The topological polar surface area (TPSA) is 62.2 Å². The Morgan fingerprint density at radius 2 is 2.11 bits per heavy atom. The van der Waals surface area contributed by atoms with Gasteiger partial charge in [-0.25, -0.2) is 4.79 Å². The number of rotatable bonds is 6. The zero-order chi connectivity index (χ0) is 12.8. The van der Waals surface area contributed by atoms with Gasteiger partial charge in [0.05, 0.1) is 0 Å². The average molecular weight is 262 g/mol. The van der Waals surface area contributed by atoms with Crippen LogP contribution in [0.1, 0.15) is 20.8 Å². The van der Waals surface area contributed by atoms with Crippen molar-refractivity contribution in [1.29, 1.82) is 0 Å². The molecule has 0 aliphatic rings. The fourth-order valence-corrected chi connectivity index (χ4v) is 2.43. The van der Waals surface area contributed by atoms with Gasteiger partial charge in [-0.05, 0) is 47.7 Å². The van der Waals surface area contributed by atoms with E-state index >= 15 is 0 Å². The Morgan fingerprint density at radius 1 is 1.33 bits per heavy atom. The van der Waals surface area contributed by atoms with E-state index < -0.39 is 5.97 Å². The molecule has 0 atom stereocenters. The number of thiophene rings is 1. The molecule has 0 bridgehead atoms. The summed E-state index contributed by atoms with van der Waals surface area (Å²) in [5.41, 5.74) is 2.07. The standard InChI is InChI=1S/C13H14N2O2S/c16-13(17)12-11(4-8-18-12)9-15-7-3-10-1-5-14-6-2-10/h1-2,4-6,8,15H,3,7,9H2,(H,16,17). The largest absolute Gasteiger partial charge is 0.477 e. The molecule has 0 aromatic carbocycles. The van der Waals surface area contributed by atoms with Crippen LogP contribution in [0.25, 0.3) is 0 Å². The summed E-state index contributed by atoms with van der Waals surface area (Å²) in [5.74, 6) is -0.851. The minimum absolute atomic E-state index is 0.423. The van der Waals surface area contributed by atoms with E-state index in [4.69, 9.17) is 5.11 Å². The van der Waals surface area contributed by atoms with E-state index in [2.05, 4.69) is 10.3 Å². The molecule has 2 rings (SSSR count). The van der Waals surface area contributed by atoms with Crippen molar-refractivity contribution in [2.75, 3.05) is 6.54 Å². The molecule has 0 radical (unpaired) electrons. The molecular formula is C13H14N2O2S. The number of carboxylic acid groups (broad SMARTS) is 1. The Hall–Kier alpha value is -1.72. The van der Waals surface area contributed by atoms with Crippen molar-refractivity contribution in [3.63, 3.8) is 0 Å². The third kappa shape index (κ3) is 3.38. The smallest absolute Gasteiger partial charge is 0.346 e. The van der Waals surface area contributed by atoms with E-state index in [0.29, 0.717) is 11.4 Å². The molecule has 4 nitrogen and oxygen atoms in total. The van der Waals surface area contributed by atoms with Gasteiger partial charge in [-0.2, -0.15) is 0 Å². The lowest BCUT2D eigenvalue weighted by Gasteiger charge is -2.04. The zero-order valence-electron chi connectivity index (χ0n) is 9.80. The third-order valence-corrected chi connectivity index (χ3v) is 3.54. The van der Waals surface area contributed by atoms with Crippen molar-refractivity contribution in [1.82, 2.24) is 10.3 Å². The SMILES string of the molecule is O=C(O)c1sccc1CNCCc1ccncc1. The first-order valence-electron chi connectivity index (χ1n) is 5.66. The summed E-state index contributed by atoms with van der Waals surface area (Å²) in [7, 11) is 0. The Kier molecular flexibility index (Phi) is 4.44. The number of hydrogen-bond donors (Lipinski definition) is 2. The molecule has 2 aromatic rings. The fraction of sp³-hybridized carbons (Fsp3) is 0.231. The van der Waals surface area contributed by atoms with E-state index in [1.54, 1.807) is 12.4 Å². The predicted molar refractivity (Wildman–Crippen MR) is 70.9 cm³/mol. The van der Waals surface area contributed by atoms with Crippen LogP contribution in [-0.4, -0.2) is 22.6 Å².